The van der Waals surface area contributed by atoms with E-state index in [-0.39, 0.29) is 24.4 Å². The van der Waals surface area contributed by atoms with Gasteiger partial charge in [0.1, 0.15) is 5.82 Å². The molecule has 0 saturated carbocycles. The number of carboxylic acid groups (broad SMARTS) is 1. The number of likely N-dealkylation sites (N-methyl/N-ethyl adjacent to an activating group) is 1. The fourth-order valence-corrected chi connectivity index (χ4v) is 2.35. The molecule has 128 valence electrons. The van der Waals surface area contributed by atoms with Crippen molar-refractivity contribution in [2.45, 2.75) is 38.5 Å². The Morgan fingerprint density at radius 1 is 1.43 bits per heavy atom. The standard InChI is InChI=1S/C15H20ClFN2O4/c1-9(20)12(6-7-13(21)22)19(2)15(23)18-8-10-4-3-5-11(17)14(10)16/h3-5,9,12,20H,6-8H2,1-2H3,(H,18,23)(H,21,22). The highest BCUT2D eigenvalue weighted by atomic mass is 35.5. The largest absolute Gasteiger partial charge is 0.481 e. The lowest BCUT2D eigenvalue weighted by Crippen LogP contribution is -2.48. The highest BCUT2D eigenvalue weighted by Gasteiger charge is 2.25. The quantitative estimate of drug-likeness (QED) is 0.706. The predicted molar refractivity (Wildman–Crippen MR) is 83.7 cm³/mol. The molecule has 6 nitrogen and oxygen atoms in total. The zero-order chi connectivity index (χ0) is 17.6. The monoisotopic (exact) mass is 346 g/mol. The van der Waals surface area contributed by atoms with Gasteiger partial charge in [-0.1, -0.05) is 23.7 Å². The van der Waals surface area contributed by atoms with Crippen LogP contribution in [0.25, 0.3) is 0 Å². The second kappa shape index (κ2) is 8.69. The van der Waals surface area contributed by atoms with Gasteiger partial charge in [0.2, 0.25) is 0 Å². The minimum absolute atomic E-state index is 0.0191. The molecule has 1 aromatic carbocycles. The fourth-order valence-electron chi connectivity index (χ4n) is 2.16. The topological polar surface area (TPSA) is 89.9 Å². The molecule has 0 aliphatic rings. The highest BCUT2D eigenvalue weighted by molar-refractivity contribution is 6.31. The average molecular weight is 347 g/mol. The second-order valence-corrected chi connectivity index (χ2v) is 5.60. The Labute approximate surface area is 138 Å². The molecule has 0 heterocycles. The molecule has 1 rings (SSSR count). The zero-order valence-electron chi connectivity index (χ0n) is 12.9. The lowest BCUT2D eigenvalue weighted by Gasteiger charge is -2.30. The third kappa shape index (κ3) is 5.69. The summed E-state index contributed by atoms with van der Waals surface area (Å²) in [6.07, 6.45) is -0.927. The number of carbonyl (C=O) groups excluding carboxylic acids is 1. The first-order chi connectivity index (χ1) is 10.7. The van der Waals surface area contributed by atoms with Crippen LogP contribution >= 0.6 is 11.6 Å². The maximum atomic E-state index is 13.3. The SMILES string of the molecule is CC(O)C(CCC(=O)O)N(C)C(=O)NCc1cccc(F)c1Cl. The molecule has 0 bridgehead atoms. The summed E-state index contributed by atoms with van der Waals surface area (Å²) in [7, 11) is 1.46. The minimum Gasteiger partial charge on any atom is -0.481 e. The van der Waals surface area contributed by atoms with Crippen LogP contribution in [-0.2, 0) is 11.3 Å². The summed E-state index contributed by atoms with van der Waals surface area (Å²) < 4.78 is 13.3. The van der Waals surface area contributed by atoms with E-state index in [1.54, 1.807) is 6.07 Å². The van der Waals surface area contributed by atoms with E-state index in [4.69, 9.17) is 16.7 Å². The molecule has 1 aromatic rings. The molecule has 3 N–H and O–H groups in total. The molecule has 0 aliphatic carbocycles. The van der Waals surface area contributed by atoms with Crippen molar-refractivity contribution in [1.29, 1.82) is 0 Å². The number of carbonyl (C=O) groups is 2. The van der Waals surface area contributed by atoms with Crippen molar-refractivity contribution in [2.24, 2.45) is 0 Å². The lowest BCUT2D eigenvalue weighted by atomic mass is 10.1. The van der Waals surface area contributed by atoms with Gasteiger partial charge in [0.05, 0.1) is 17.2 Å². The van der Waals surface area contributed by atoms with E-state index in [0.29, 0.717) is 5.56 Å². The Morgan fingerprint density at radius 3 is 2.65 bits per heavy atom. The van der Waals surface area contributed by atoms with Gasteiger partial charge in [-0.05, 0) is 25.0 Å². The number of urea groups is 1. The molecular formula is C15H20ClFN2O4. The zero-order valence-corrected chi connectivity index (χ0v) is 13.7. The second-order valence-electron chi connectivity index (χ2n) is 5.22. The van der Waals surface area contributed by atoms with E-state index >= 15 is 0 Å². The van der Waals surface area contributed by atoms with Crippen LogP contribution in [0.5, 0.6) is 0 Å². The highest BCUT2D eigenvalue weighted by Crippen LogP contribution is 2.19. The predicted octanol–water partition coefficient (Wildman–Crippen LogP) is 2.23. The smallest absolute Gasteiger partial charge is 0.317 e. The van der Waals surface area contributed by atoms with E-state index in [2.05, 4.69) is 5.32 Å². The third-order valence-corrected chi connectivity index (χ3v) is 3.91. The number of aliphatic hydroxyl groups excluding tert-OH is 1. The molecule has 23 heavy (non-hydrogen) atoms. The first kappa shape index (κ1) is 19.2. The van der Waals surface area contributed by atoms with Gasteiger partial charge in [-0.25, -0.2) is 9.18 Å². The number of carboxylic acids is 1. The van der Waals surface area contributed by atoms with Gasteiger partial charge in [0, 0.05) is 20.0 Å². The van der Waals surface area contributed by atoms with E-state index in [1.165, 1.54) is 31.0 Å². The van der Waals surface area contributed by atoms with Crippen LogP contribution in [0.2, 0.25) is 5.02 Å². The lowest BCUT2D eigenvalue weighted by molar-refractivity contribution is -0.137. The van der Waals surface area contributed by atoms with Crippen LogP contribution in [0.4, 0.5) is 9.18 Å². The number of rotatable bonds is 7. The number of hydrogen-bond donors (Lipinski definition) is 3. The molecule has 2 amide bonds. The van der Waals surface area contributed by atoms with Crippen LogP contribution in [0, 0.1) is 5.82 Å². The van der Waals surface area contributed by atoms with Gasteiger partial charge >= 0.3 is 12.0 Å². The van der Waals surface area contributed by atoms with Crippen molar-refractivity contribution in [3.8, 4) is 0 Å². The number of hydrogen-bond acceptors (Lipinski definition) is 3. The fraction of sp³-hybridized carbons (Fsp3) is 0.467. The van der Waals surface area contributed by atoms with Crippen molar-refractivity contribution < 1.29 is 24.2 Å². The summed E-state index contributed by atoms with van der Waals surface area (Å²) in [4.78, 5) is 24.0. The number of benzene rings is 1. The van der Waals surface area contributed by atoms with Gasteiger partial charge in [-0.3, -0.25) is 4.79 Å². The molecule has 0 saturated heterocycles. The van der Waals surface area contributed by atoms with E-state index in [0.717, 1.165) is 0 Å². The van der Waals surface area contributed by atoms with Crippen molar-refractivity contribution in [3.63, 3.8) is 0 Å². The number of aliphatic carboxylic acids is 1. The number of nitrogens with one attached hydrogen (secondary N) is 1. The molecule has 2 unspecified atom stereocenters. The summed E-state index contributed by atoms with van der Waals surface area (Å²) in [6.45, 7) is 1.50. The summed E-state index contributed by atoms with van der Waals surface area (Å²) in [5.74, 6) is -1.58. The molecule has 8 heteroatoms. The Kier molecular flexibility index (Phi) is 7.25. The van der Waals surface area contributed by atoms with Gasteiger partial charge < -0.3 is 20.4 Å². The number of nitrogens with zero attached hydrogens (tertiary/aromatic N) is 1. The Morgan fingerprint density at radius 2 is 2.09 bits per heavy atom. The Bertz CT molecular complexity index is 568. The molecular weight excluding hydrogens is 327 g/mol. The molecule has 0 spiro atoms. The van der Waals surface area contributed by atoms with Gasteiger partial charge in [-0.15, -0.1) is 0 Å². The van der Waals surface area contributed by atoms with Crippen LogP contribution < -0.4 is 5.32 Å². The Balaban J connectivity index is 2.67. The van der Waals surface area contributed by atoms with Crippen LogP contribution in [0.15, 0.2) is 18.2 Å². The van der Waals surface area contributed by atoms with Crippen molar-refractivity contribution in [2.75, 3.05) is 7.05 Å². The van der Waals surface area contributed by atoms with Crippen LogP contribution in [0.1, 0.15) is 25.3 Å². The van der Waals surface area contributed by atoms with Gasteiger partial charge in [-0.2, -0.15) is 0 Å². The molecule has 0 aromatic heterocycles. The molecule has 0 radical (unpaired) electrons. The van der Waals surface area contributed by atoms with Crippen molar-refractivity contribution >= 4 is 23.6 Å². The molecule has 0 fully saturated rings. The minimum atomic E-state index is -1.00. The van der Waals surface area contributed by atoms with Gasteiger partial charge in [0.25, 0.3) is 0 Å². The van der Waals surface area contributed by atoms with E-state index < -0.39 is 30.0 Å². The van der Waals surface area contributed by atoms with E-state index in [1.807, 2.05) is 0 Å². The Hall–Kier alpha value is -1.86. The summed E-state index contributed by atoms with van der Waals surface area (Å²) in [5.41, 5.74) is 0.424. The third-order valence-electron chi connectivity index (χ3n) is 3.49. The number of halogens is 2. The maximum absolute atomic E-state index is 13.3. The van der Waals surface area contributed by atoms with Crippen molar-refractivity contribution in [3.05, 3.63) is 34.6 Å². The van der Waals surface area contributed by atoms with Crippen LogP contribution in [-0.4, -0.2) is 46.3 Å². The van der Waals surface area contributed by atoms with Crippen molar-refractivity contribution in [1.82, 2.24) is 10.2 Å². The molecule has 2 atom stereocenters. The average Bonchev–Trinajstić information content (AvgIpc) is 2.47. The van der Waals surface area contributed by atoms with Crippen LogP contribution in [0.3, 0.4) is 0 Å². The normalized spacial score (nSPS) is 13.3. The number of amides is 2. The summed E-state index contributed by atoms with van der Waals surface area (Å²) >= 11 is 5.81. The molecule has 0 aliphatic heterocycles. The maximum Gasteiger partial charge on any atom is 0.317 e. The first-order valence-corrected chi connectivity index (χ1v) is 7.45. The van der Waals surface area contributed by atoms with E-state index in [9.17, 15) is 19.1 Å². The summed E-state index contributed by atoms with van der Waals surface area (Å²) in [6, 6.07) is 3.13. The van der Waals surface area contributed by atoms with Gasteiger partial charge in [0.15, 0.2) is 0 Å². The summed E-state index contributed by atoms with van der Waals surface area (Å²) in [5, 5.41) is 21.0. The first-order valence-electron chi connectivity index (χ1n) is 7.07. The number of aliphatic hydroxyl groups is 1.